The minimum atomic E-state index is -0.605. The van der Waals surface area contributed by atoms with Crippen molar-refractivity contribution >= 4 is 75.1 Å². The number of aryl methyl sites for hydroxylation is 1. The van der Waals surface area contributed by atoms with Crippen LogP contribution in [0.4, 0.5) is 5.69 Å². The molecule has 0 bridgehead atoms. The Morgan fingerprint density at radius 2 is 2.00 bits per heavy atom. The van der Waals surface area contributed by atoms with Gasteiger partial charge >= 0.3 is 0 Å². The first kappa shape index (κ1) is 20.6. The van der Waals surface area contributed by atoms with Crippen LogP contribution in [0.1, 0.15) is 11.1 Å². The Hall–Kier alpha value is -2.17. The van der Waals surface area contributed by atoms with E-state index in [0.29, 0.717) is 19.8 Å². The molecule has 1 heterocycles. The number of nitrogens with zero attached hydrogens (tertiary/aromatic N) is 1. The van der Waals surface area contributed by atoms with Gasteiger partial charge in [0.1, 0.15) is 5.57 Å². The van der Waals surface area contributed by atoms with Gasteiger partial charge in [-0.05, 0) is 83.2 Å². The number of carbonyl (C=O) groups excluding carboxylic acids is 2. The summed E-state index contributed by atoms with van der Waals surface area (Å²) >= 11 is 13.3. The van der Waals surface area contributed by atoms with Crippen LogP contribution in [-0.4, -0.2) is 29.1 Å². The highest BCUT2D eigenvalue weighted by atomic mass is 127. The molecule has 2 N–H and O–H groups in total. The van der Waals surface area contributed by atoms with Gasteiger partial charge in [-0.15, -0.1) is 0 Å². The number of anilines is 1. The Kier molecular flexibility index (Phi) is 5.92. The third-order valence-corrected chi connectivity index (χ3v) is 5.61. The molecule has 0 aliphatic carbocycles. The summed E-state index contributed by atoms with van der Waals surface area (Å²) in [6.45, 7) is 1.84. The van der Waals surface area contributed by atoms with E-state index in [1.54, 1.807) is 24.3 Å². The van der Waals surface area contributed by atoms with E-state index in [4.69, 9.17) is 28.6 Å². The normalized spacial score (nSPS) is 15.8. The Labute approximate surface area is 185 Å². The summed E-state index contributed by atoms with van der Waals surface area (Å²) in [7, 11) is 1.42. The highest BCUT2D eigenvalue weighted by molar-refractivity contribution is 14.1. The number of thiocarbonyl (C=S) groups is 1. The summed E-state index contributed by atoms with van der Waals surface area (Å²) in [5.41, 5.74) is 1.72. The molecular weight excluding hydrogens is 515 g/mol. The molecule has 2 aromatic rings. The van der Waals surface area contributed by atoms with E-state index in [-0.39, 0.29) is 22.2 Å². The van der Waals surface area contributed by atoms with Crippen molar-refractivity contribution in [1.82, 2.24) is 5.32 Å². The minimum absolute atomic E-state index is 0.0122. The van der Waals surface area contributed by atoms with Crippen LogP contribution in [0.3, 0.4) is 0 Å². The fourth-order valence-corrected chi connectivity index (χ4v) is 3.69. The second kappa shape index (κ2) is 8.06. The number of methoxy groups -OCH3 is 1. The van der Waals surface area contributed by atoms with Crippen molar-refractivity contribution in [1.29, 1.82) is 0 Å². The van der Waals surface area contributed by atoms with E-state index in [9.17, 15) is 14.7 Å². The summed E-state index contributed by atoms with van der Waals surface area (Å²) in [5.74, 6) is -0.955. The van der Waals surface area contributed by atoms with Gasteiger partial charge in [-0.25, -0.2) is 0 Å². The van der Waals surface area contributed by atoms with Crippen LogP contribution < -0.4 is 15.0 Å². The SMILES string of the molecule is COc1cc(/C=C2\C(=O)NC(=S)N(c3ccc(C)c(Cl)c3)C2=O)cc(I)c1O. The largest absolute Gasteiger partial charge is 0.504 e. The van der Waals surface area contributed by atoms with Gasteiger partial charge in [-0.1, -0.05) is 17.7 Å². The molecule has 1 saturated heterocycles. The zero-order valence-electron chi connectivity index (χ0n) is 14.7. The highest BCUT2D eigenvalue weighted by Gasteiger charge is 2.34. The molecule has 1 fully saturated rings. The molecule has 2 amide bonds. The first-order chi connectivity index (χ1) is 13.2. The molecule has 1 aliphatic heterocycles. The lowest BCUT2D eigenvalue weighted by atomic mass is 10.1. The average molecular weight is 529 g/mol. The molecule has 1 aliphatic rings. The molecule has 0 spiro atoms. The molecule has 9 heteroatoms. The predicted octanol–water partition coefficient (Wildman–Crippen LogP) is 3.80. The number of ether oxygens (including phenoxy) is 1. The van der Waals surface area contributed by atoms with Crippen LogP contribution in [0.2, 0.25) is 5.02 Å². The number of benzene rings is 2. The minimum Gasteiger partial charge on any atom is -0.504 e. The predicted molar refractivity (Wildman–Crippen MR) is 120 cm³/mol. The molecule has 0 aromatic heterocycles. The zero-order valence-corrected chi connectivity index (χ0v) is 18.5. The van der Waals surface area contributed by atoms with Gasteiger partial charge in [0.2, 0.25) is 0 Å². The quantitative estimate of drug-likeness (QED) is 0.274. The second-order valence-electron chi connectivity index (χ2n) is 5.94. The van der Waals surface area contributed by atoms with Crippen LogP contribution in [0.25, 0.3) is 6.08 Å². The van der Waals surface area contributed by atoms with Crippen molar-refractivity contribution in [2.75, 3.05) is 12.0 Å². The fraction of sp³-hybridized carbons (Fsp3) is 0.105. The van der Waals surface area contributed by atoms with Crippen molar-refractivity contribution < 1.29 is 19.4 Å². The summed E-state index contributed by atoms with van der Waals surface area (Å²) in [4.78, 5) is 26.7. The smallest absolute Gasteiger partial charge is 0.270 e. The van der Waals surface area contributed by atoms with Gasteiger partial charge in [0, 0.05) is 5.02 Å². The first-order valence-electron chi connectivity index (χ1n) is 7.97. The molecule has 144 valence electrons. The van der Waals surface area contributed by atoms with Crippen LogP contribution >= 0.6 is 46.4 Å². The molecule has 28 heavy (non-hydrogen) atoms. The van der Waals surface area contributed by atoms with Crippen LogP contribution in [0.15, 0.2) is 35.9 Å². The third kappa shape index (κ3) is 3.85. The van der Waals surface area contributed by atoms with Gasteiger partial charge in [-0.2, -0.15) is 0 Å². The number of hydrogen-bond acceptors (Lipinski definition) is 5. The maximum Gasteiger partial charge on any atom is 0.270 e. The van der Waals surface area contributed by atoms with Crippen LogP contribution in [0, 0.1) is 10.5 Å². The number of aromatic hydroxyl groups is 1. The molecular formula is C19H14ClIN2O4S. The molecule has 0 saturated carbocycles. The van der Waals surface area contributed by atoms with Crippen molar-refractivity contribution in [2.24, 2.45) is 0 Å². The lowest BCUT2D eigenvalue weighted by molar-refractivity contribution is -0.122. The molecule has 0 unspecified atom stereocenters. The molecule has 6 nitrogen and oxygen atoms in total. The van der Waals surface area contributed by atoms with E-state index in [2.05, 4.69) is 5.32 Å². The summed E-state index contributed by atoms with van der Waals surface area (Å²) < 4.78 is 5.64. The molecule has 3 rings (SSSR count). The van der Waals surface area contributed by atoms with E-state index in [0.717, 1.165) is 5.56 Å². The van der Waals surface area contributed by atoms with Crippen LogP contribution in [0.5, 0.6) is 11.5 Å². The topological polar surface area (TPSA) is 78.9 Å². The number of nitrogens with one attached hydrogen (secondary N) is 1. The number of phenols is 1. The third-order valence-electron chi connectivity index (χ3n) is 4.10. The number of hydrogen-bond donors (Lipinski definition) is 2. The Morgan fingerprint density at radius 1 is 1.29 bits per heavy atom. The molecule has 2 aromatic carbocycles. The van der Waals surface area contributed by atoms with Gasteiger partial charge in [0.05, 0.1) is 16.4 Å². The van der Waals surface area contributed by atoms with Gasteiger partial charge in [-0.3, -0.25) is 19.8 Å². The van der Waals surface area contributed by atoms with Gasteiger partial charge in [0.15, 0.2) is 16.6 Å². The number of halogens is 2. The monoisotopic (exact) mass is 528 g/mol. The summed E-state index contributed by atoms with van der Waals surface area (Å²) in [6.07, 6.45) is 1.42. The maximum atomic E-state index is 13.0. The van der Waals surface area contributed by atoms with E-state index in [1.807, 2.05) is 29.5 Å². The molecule has 0 radical (unpaired) electrons. The maximum absolute atomic E-state index is 13.0. The summed E-state index contributed by atoms with van der Waals surface area (Å²) in [5, 5.41) is 12.9. The van der Waals surface area contributed by atoms with Crippen molar-refractivity contribution in [3.05, 3.63) is 55.6 Å². The number of rotatable bonds is 3. The van der Waals surface area contributed by atoms with Gasteiger partial charge < -0.3 is 9.84 Å². The average Bonchev–Trinajstić information content (AvgIpc) is 2.64. The lowest BCUT2D eigenvalue weighted by Crippen LogP contribution is -2.54. The highest BCUT2D eigenvalue weighted by Crippen LogP contribution is 2.33. The Bertz CT molecular complexity index is 1050. The number of phenolic OH excluding ortho intramolecular Hbond substituents is 1. The van der Waals surface area contributed by atoms with Crippen molar-refractivity contribution in [2.45, 2.75) is 6.92 Å². The number of amides is 2. The standard InChI is InChI=1S/C19H14ClIN2O4S/c1-9-3-4-11(8-13(9)20)23-18(26)12(17(25)22-19(23)28)5-10-6-14(21)16(24)15(7-10)27-2/h3-8,24H,1-2H3,(H,22,25,28)/b12-5+. The van der Waals surface area contributed by atoms with Crippen molar-refractivity contribution in [3.63, 3.8) is 0 Å². The van der Waals surface area contributed by atoms with E-state index >= 15 is 0 Å². The lowest BCUT2D eigenvalue weighted by Gasteiger charge is -2.29. The number of carbonyl (C=O) groups is 2. The van der Waals surface area contributed by atoms with Crippen LogP contribution in [-0.2, 0) is 9.59 Å². The second-order valence-corrected chi connectivity index (χ2v) is 7.90. The molecule has 0 atom stereocenters. The van der Waals surface area contributed by atoms with Crippen molar-refractivity contribution in [3.8, 4) is 11.5 Å². The zero-order chi connectivity index (χ0) is 20.6. The summed E-state index contributed by atoms with van der Waals surface area (Å²) in [6, 6.07) is 8.24. The first-order valence-corrected chi connectivity index (χ1v) is 9.83. The Balaban J connectivity index is 2.06. The van der Waals surface area contributed by atoms with E-state index < -0.39 is 11.8 Å². The van der Waals surface area contributed by atoms with Gasteiger partial charge in [0.25, 0.3) is 11.8 Å². The van der Waals surface area contributed by atoms with E-state index in [1.165, 1.54) is 24.2 Å². The fourth-order valence-electron chi connectivity index (χ4n) is 2.61. The Morgan fingerprint density at radius 3 is 2.64 bits per heavy atom.